The smallest absolute Gasteiger partial charge is 0.406 e. The van der Waals surface area contributed by atoms with Crippen molar-refractivity contribution in [2.24, 2.45) is 4.99 Å². The summed E-state index contributed by atoms with van der Waals surface area (Å²) in [7, 11) is 3.71. The molecule has 240 valence electrons. The number of thioether (sulfide) groups is 1. The van der Waals surface area contributed by atoms with Gasteiger partial charge in [0, 0.05) is 25.3 Å². The molecule has 3 amide bonds. The summed E-state index contributed by atoms with van der Waals surface area (Å²) in [6, 6.07) is 11.1. The zero-order chi connectivity index (χ0) is 33.3. The summed E-state index contributed by atoms with van der Waals surface area (Å²) in [6.07, 6.45) is -3.64. The number of ether oxygens (including phenoxy) is 1. The lowest BCUT2D eigenvalue weighted by molar-refractivity contribution is -0.274. The Labute approximate surface area is 263 Å². The first kappa shape index (κ1) is 32.4. The second kappa shape index (κ2) is 12.8. The van der Waals surface area contributed by atoms with Crippen molar-refractivity contribution in [3.8, 4) is 22.8 Å². The fourth-order valence-corrected chi connectivity index (χ4v) is 5.40. The van der Waals surface area contributed by atoms with E-state index in [0.29, 0.717) is 11.4 Å². The van der Waals surface area contributed by atoms with E-state index in [2.05, 4.69) is 25.1 Å². The minimum Gasteiger partial charge on any atom is -0.406 e. The number of carbonyl (C=O) groups is 2. The molecule has 1 N–H and O–H groups in total. The molecule has 5 rings (SSSR count). The maximum Gasteiger partial charge on any atom is 0.573 e. The molecular formula is C30H26F5N7O3S. The predicted molar refractivity (Wildman–Crippen MR) is 165 cm³/mol. The first-order valence-electron chi connectivity index (χ1n) is 13.6. The second-order valence-corrected chi connectivity index (χ2v) is 11.4. The van der Waals surface area contributed by atoms with Crippen LogP contribution in [0.15, 0.2) is 65.9 Å². The highest BCUT2D eigenvalue weighted by molar-refractivity contribution is 8.15. The van der Waals surface area contributed by atoms with Gasteiger partial charge >= 0.3 is 12.4 Å². The van der Waals surface area contributed by atoms with Gasteiger partial charge in [0.1, 0.15) is 17.8 Å². The Bertz CT molecular complexity index is 1800. The van der Waals surface area contributed by atoms with Gasteiger partial charge in [0.2, 0.25) is 5.91 Å². The quantitative estimate of drug-likeness (QED) is 0.214. The number of hydrogen-bond donors (Lipinski definition) is 1. The maximum absolute atomic E-state index is 15.1. The monoisotopic (exact) mass is 659 g/mol. The van der Waals surface area contributed by atoms with Crippen molar-refractivity contribution in [2.45, 2.75) is 26.1 Å². The molecule has 10 nitrogen and oxygen atoms in total. The molecule has 0 aliphatic carbocycles. The SMILES string of the molecule is CC(C)c1ccc(N(C)C)cc1N1C(=O)CS/C1=N\C(=O)Nc1c(F)cc(-c2ncn(-c3ccc(OC(F)(F)F)cc3)n2)cc1F. The summed E-state index contributed by atoms with van der Waals surface area (Å²) in [5, 5.41) is 6.31. The van der Waals surface area contributed by atoms with Crippen LogP contribution in [-0.4, -0.2) is 58.1 Å². The number of carbonyl (C=O) groups excluding carboxylic acids is 2. The van der Waals surface area contributed by atoms with Crippen LogP contribution in [0.3, 0.4) is 0 Å². The summed E-state index contributed by atoms with van der Waals surface area (Å²) in [5.74, 6) is -3.03. The molecule has 0 atom stereocenters. The lowest BCUT2D eigenvalue weighted by atomic mass is 9.99. The van der Waals surface area contributed by atoms with Crippen LogP contribution in [0.5, 0.6) is 5.75 Å². The third-order valence-corrected chi connectivity index (χ3v) is 7.64. The molecule has 0 saturated carbocycles. The number of halogens is 5. The topological polar surface area (TPSA) is 105 Å². The van der Waals surface area contributed by atoms with E-state index in [0.717, 1.165) is 47.3 Å². The van der Waals surface area contributed by atoms with Gasteiger partial charge in [0.25, 0.3) is 0 Å². The molecule has 0 unspecified atom stereocenters. The first-order valence-corrected chi connectivity index (χ1v) is 14.6. The average Bonchev–Trinajstić information content (AvgIpc) is 3.61. The standard InChI is InChI=1S/C30H26F5N7O3S/c1-16(2)21-10-7-19(40(3)4)13-24(21)42-25(43)14-46-29(42)38-28(44)37-26-22(31)11-17(12-23(26)32)27-36-15-41(39-27)18-5-8-20(9-6-18)45-30(33,34)35/h5-13,15-16H,14H2,1-4H3,(H,37,44)/b38-29-. The first-order chi connectivity index (χ1) is 21.7. The molecule has 2 heterocycles. The van der Waals surface area contributed by atoms with Gasteiger partial charge in [-0.05, 0) is 60.0 Å². The van der Waals surface area contributed by atoms with E-state index in [1.165, 1.54) is 28.0 Å². The summed E-state index contributed by atoms with van der Waals surface area (Å²) in [5.41, 5.74) is 1.71. The third-order valence-electron chi connectivity index (χ3n) is 6.71. The van der Waals surface area contributed by atoms with Crippen LogP contribution in [0.1, 0.15) is 25.3 Å². The van der Waals surface area contributed by atoms with Gasteiger partial charge in [-0.2, -0.15) is 4.99 Å². The fraction of sp³-hybridized carbons (Fsp3) is 0.233. The number of aliphatic imine (C=N–C) groups is 1. The number of amidine groups is 1. The molecule has 1 aliphatic rings. The number of alkyl halides is 3. The van der Waals surface area contributed by atoms with E-state index in [9.17, 15) is 22.8 Å². The van der Waals surface area contributed by atoms with Gasteiger partial charge in [0.05, 0.1) is 17.1 Å². The molecule has 16 heteroatoms. The van der Waals surface area contributed by atoms with Crippen LogP contribution < -0.4 is 19.9 Å². The number of aromatic nitrogens is 3. The summed E-state index contributed by atoms with van der Waals surface area (Å²) < 4.78 is 72.5. The minimum atomic E-state index is -4.85. The van der Waals surface area contributed by atoms with Crippen molar-refractivity contribution in [3.05, 3.63) is 78.1 Å². The van der Waals surface area contributed by atoms with Crippen LogP contribution in [0, 0.1) is 11.6 Å². The molecule has 0 radical (unpaired) electrons. The van der Waals surface area contributed by atoms with E-state index < -0.39 is 35.5 Å². The Hall–Kier alpha value is -4.99. The number of nitrogens with zero attached hydrogens (tertiary/aromatic N) is 6. The number of benzene rings is 3. The van der Waals surface area contributed by atoms with Gasteiger partial charge in [-0.3, -0.25) is 9.69 Å². The summed E-state index contributed by atoms with van der Waals surface area (Å²) in [4.78, 5) is 37.0. The van der Waals surface area contributed by atoms with Crippen molar-refractivity contribution in [2.75, 3.05) is 35.0 Å². The molecule has 1 aromatic heterocycles. The Kier molecular flexibility index (Phi) is 9.01. The van der Waals surface area contributed by atoms with E-state index in [1.54, 1.807) is 0 Å². The lowest BCUT2D eigenvalue weighted by Gasteiger charge is -2.24. The summed E-state index contributed by atoms with van der Waals surface area (Å²) in [6.45, 7) is 3.93. The average molecular weight is 660 g/mol. The summed E-state index contributed by atoms with van der Waals surface area (Å²) >= 11 is 1.03. The molecule has 46 heavy (non-hydrogen) atoms. The number of nitrogens with one attached hydrogen (secondary N) is 1. The van der Waals surface area contributed by atoms with Crippen LogP contribution in [0.2, 0.25) is 0 Å². The van der Waals surface area contributed by atoms with E-state index in [4.69, 9.17) is 0 Å². The highest BCUT2D eigenvalue weighted by atomic mass is 32.2. The molecule has 4 aromatic rings. The Balaban J connectivity index is 1.35. The Morgan fingerprint density at radius 2 is 1.74 bits per heavy atom. The lowest BCUT2D eigenvalue weighted by Crippen LogP contribution is -2.31. The van der Waals surface area contributed by atoms with Gasteiger partial charge in [-0.1, -0.05) is 31.7 Å². The van der Waals surface area contributed by atoms with Crippen molar-refractivity contribution < 1.29 is 36.3 Å². The zero-order valence-electron chi connectivity index (χ0n) is 24.8. The molecular weight excluding hydrogens is 633 g/mol. The van der Waals surface area contributed by atoms with Crippen LogP contribution in [0.4, 0.5) is 43.8 Å². The number of urea groups is 1. The Morgan fingerprint density at radius 3 is 2.35 bits per heavy atom. The number of hydrogen-bond acceptors (Lipinski definition) is 7. The number of anilines is 3. The number of rotatable bonds is 7. The van der Waals surface area contributed by atoms with Crippen LogP contribution >= 0.6 is 11.8 Å². The number of amides is 3. The second-order valence-electron chi connectivity index (χ2n) is 10.5. The normalized spacial score (nSPS) is 14.3. The van der Waals surface area contributed by atoms with Gasteiger partial charge in [-0.15, -0.1) is 18.3 Å². The molecule has 1 aliphatic heterocycles. The van der Waals surface area contributed by atoms with Gasteiger partial charge in [0.15, 0.2) is 22.6 Å². The van der Waals surface area contributed by atoms with Crippen LogP contribution in [-0.2, 0) is 4.79 Å². The van der Waals surface area contributed by atoms with E-state index >= 15 is 8.78 Å². The van der Waals surface area contributed by atoms with Crippen molar-refractivity contribution in [1.29, 1.82) is 0 Å². The molecule has 1 fully saturated rings. The van der Waals surface area contributed by atoms with E-state index in [1.807, 2.05) is 51.0 Å². The highest BCUT2D eigenvalue weighted by Gasteiger charge is 2.33. The third kappa shape index (κ3) is 7.11. The molecule has 0 bridgehead atoms. The highest BCUT2D eigenvalue weighted by Crippen LogP contribution is 2.36. The predicted octanol–water partition coefficient (Wildman–Crippen LogP) is 6.97. The zero-order valence-corrected chi connectivity index (χ0v) is 25.6. The fourth-order valence-electron chi connectivity index (χ4n) is 4.54. The molecule has 1 saturated heterocycles. The van der Waals surface area contributed by atoms with E-state index in [-0.39, 0.29) is 34.1 Å². The van der Waals surface area contributed by atoms with Gasteiger partial charge in [-0.25, -0.2) is 23.2 Å². The van der Waals surface area contributed by atoms with Crippen LogP contribution in [0.25, 0.3) is 17.1 Å². The molecule has 0 spiro atoms. The largest absolute Gasteiger partial charge is 0.573 e. The minimum absolute atomic E-state index is 0.0262. The molecule has 3 aromatic carbocycles. The van der Waals surface area contributed by atoms with Crippen molar-refractivity contribution >= 4 is 45.9 Å². The van der Waals surface area contributed by atoms with Crippen molar-refractivity contribution in [1.82, 2.24) is 14.8 Å². The van der Waals surface area contributed by atoms with Gasteiger partial charge < -0.3 is 15.0 Å². The Morgan fingerprint density at radius 1 is 1.07 bits per heavy atom. The van der Waals surface area contributed by atoms with Crippen molar-refractivity contribution in [3.63, 3.8) is 0 Å². The maximum atomic E-state index is 15.1.